The van der Waals surface area contributed by atoms with Gasteiger partial charge in [0.2, 0.25) is 0 Å². The lowest BCUT2D eigenvalue weighted by Gasteiger charge is -2.31. The number of halogens is 4. The van der Waals surface area contributed by atoms with E-state index < -0.39 is 11.6 Å². The Kier molecular flexibility index (Phi) is 5.22. The highest BCUT2D eigenvalue weighted by molar-refractivity contribution is 6.42. The number of aromatic nitrogens is 1. The number of hydrogen-bond donors (Lipinski definition) is 0. The van der Waals surface area contributed by atoms with Crippen LogP contribution in [0, 0.1) is 11.6 Å². The van der Waals surface area contributed by atoms with Gasteiger partial charge >= 0.3 is 0 Å². The van der Waals surface area contributed by atoms with Crippen LogP contribution in [0.1, 0.15) is 29.3 Å². The van der Waals surface area contributed by atoms with E-state index in [4.69, 9.17) is 23.2 Å². The molecule has 2 nitrogen and oxygen atoms in total. The highest BCUT2D eigenvalue weighted by atomic mass is 35.5. The van der Waals surface area contributed by atoms with Crippen LogP contribution in [0.5, 0.6) is 0 Å². The van der Waals surface area contributed by atoms with Crippen molar-refractivity contribution in [2.45, 2.75) is 25.6 Å². The lowest BCUT2D eigenvalue weighted by molar-refractivity contribution is 0.216. The fraction of sp³-hybridized carbons (Fsp3) is 0.238. The first kappa shape index (κ1) is 18.5. The molecule has 0 fully saturated rings. The standard InChI is InChI=1S/C21H18Cl2F2N2/c22-16-8-7-14(12-17(16)23)21-19-6-2-9-26(19)10-3-11-27(21)13-15-4-1-5-18(24)20(15)25/h1-2,4-9,12,21H,3,10-11,13H2/t21-/m1/s1. The second-order valence-corrected chi connectivity index (χ2v) is 7.55. The average Bonchev–Trinajstić information content (AvgIpc) is 3.03. The zero-order chi connectivity index (χ0) is 19.0. The summed E-state index contributed by atoms with van der Waals surface area (Å²) in [7, 11) is 0. The minimum absolute atomic E-state index is 0.125. The SMILES string of the molecule is Fc1cccc(CN2CCCn3cccc3[C@H]2c2ccc(Cl)c(Cl)c2)c1F. The van der Waals surface area contributed by atoms with Gasteiger partial charge in [-0.2, -0.15) is 0 Å². The van der Waals surface area contributed by atoms with Crippen LogP contribution in [0.4, 0.5) is 8.78 Å². The molecule has 0 unspecified atom stereocenters. The smallest absolute Gasteiger partial charge is 0.163 e. The molecule has 2 heterocycles. The van der Waals surface area contributed by atoms with Crippen LogP contribution >= 0.6 is 23.2 Å². The normalized spacial score (nSPS) is 17.6. The molecule has 4 rings (SSSR count). The average molecular weight is 407 g/mol. The van der Waals surface area contributed by atoms with Crippen molar-refractivity contribution >= 4 is 23.2 Å². The van der Waals surface area contributed by atoms with Gasteiger partial charge in [-0.05, 0) is 42.3 Å². The Balaban J connectivity index is 1.78. The van der Waals surface area contributed by atoms with Crippen LogP contribution in [-0.2, 0) is 13.1 Å². The quantitative estimate of drug-likeness (QED) is 0.512. The molecule has 0 saturated heterocycles. The summed E-state index contributed by atoms with van der Waals surface area (Å²) in [6, 6.07) is 13.8. The molecule has 0 saturated carbocycles. The fourth-order valence-electron chi connectivity index (χ4n) is 3.76. The molecule has 0 bridgehead atoms. The predicted octanol–water partition coefficient (Wildman–Crippen LogP) is 6.07. The first-order valence-corrected chi connectivity index (χ1v) is 9.57. The van der Waals surface area contributed by atoms with Crippen LogP contribution in [0.25, 0.3) is 0 Å². The Labute approximate surface area is 166 Å². The highest BCUT2D eigenvalue weighted by Gasteiger charge is 2.28. The van der Waals surface area contributed by atoms with E-state index in [1.165, 1.54) is 0 Å². The van der Waals surface area contributed by atoms with Crippen LogP contribution < -0.4 is 0 Å². The molecule has 0 spiro atoms. The minimum Gasteiger partial charge on any atom is -0.350 e. The Bertz CT molecular complexity index is 971. The Hall–Kier alpha value is -1.88. The molecule has 0 radical (unpaired) electrons. The summed E-state index contributed by atoms with van der Waals surface area (Å²) in [5, 5.41) is 0.973. The van der Waals surface area contributed by atoms with Gasteiger partial charge in [0.15, 0.2) is 11.6 Å². The van der Waals surface area contributed by atoms with Crippen molar-refractivity contribution in [1.29, 1.82) is 0 Å². The molecule has 27 heavy (non-hydrogen) atoms. The number of fused-ring (bicyclic) bond motifs is 1. The molecule has 1 aliphatic heterocycles. The van der Waals surface area contributed by atoms with Gasteiger partial charge in [0.25, 0.3) is 0 Å². The molecule has 1 aromatic heterocycles. The van der Waals surface area contributed by atoms with Gasteiger partial charge in [0.1, 0.15) is 0 Å². The maximum Gasteiger partial charge on any atom is 0.163 e. The van der Waals surface area contributed by atoms with Crippen molar-refractivity contribution < 1.29 is 8.78 Å². The lowest BCUT2D eigenvalue weighted by atomic mass is 10.0. The molecule has 1 atom stereocenters. The molecule has 0 amide bonds. The summed E-state index contributed by atoms with van der Waals surface area (Å²) in [6.07, 6.45) is 2.96. The maximum atomic E-state index is 14.3. The van der Waals surface area contributed by atoms with Crippen LogP contribution in [0.3, 0.4) is 0 Å². The van der Waals surface area contributed by atoms with Crippen molar-refractivity contribution in [2.24, 2.45) is 0 Å². The van der Waals surface area contributed by atoms with E-state index in [9.17, 15) is 8.78 Å². The molecule has 6 heteroatoms. The second-order valence-electron chi connectivity index (χ2n) is 6.74. The molecule has 1 aliphatic rings. The first-order chi connectivity index (χ1) is 13.0. The molecular formula is C21H18Cl2F2N2. The Morgan fingerprint density at radius 3 is 2.63 bits per heavy atom. The molecule has 140 valence electrons. The summed E-state index contributed by atoms with van der Waals surface area (Å²) >= 11 is 12.4. The van der Waals surface area contributed by atoms with Crippen molar-refractivity contribution in [1.82, 2.24) is 9.47 Å². The molecule has 3 aromatic rings. The molecular weight excluding hydrogens is 389 g/mol. The maximum absolute atomic E-state index is 14.3. The monoisotopic (exact) mass is 406 g/mol. The zero-order valence-corrected chi connectivity index (χ0v) is 16.0. The third-order valence-corrected chi connectivity index (χ3v) is 5.76. The third-order valence-electron chi connectivity index (χ3n) is 5.02. The Morgan fingerprint density at radius 2 is 1.81 bits per heavy atom. The molecule has 0 N–H and O–H groups in total. The van der Waals surface area contributed by atoms with Gasteiger partial charge in [-0.3, -0.25) is 4.90 Å². The number of aryl methyl sites for hydroxylation is 1. The van der Waals surface area contributed by atoms with Gasteiger partial charge < -0.3 is 4.57 Å². The topological polar surface area (TPSA) is 8.17 Å². The first-order valence-electron chi connectivity index (χ1n) is 8.81. The lowest BCUT2D eigenvalue weighted by Crippen LogP contribution is -2.30. The fourth-order valence-corrected chi connectivity index (χ4v) is 4.07. The van der Waals surface area contributed by atoms with E-state index in [-0.39, 0.29) is 6.04 Å². The van der Waals surface area contributed by atoms with Gasteiger partial charge in [-0.15, -0.1) is 0 Å². The predicted molar refractivity (Wildman–Crippen MR) is 104 cm³/mol. The van der Waals surface area contributed by atoms with Gasteiger partial charge in [0, 0.05) is 37.1 Å². The van der Waals surface area contributed by atoms with E-state index in [1.54, 1.807) is 18.2 Å². The van der Waals surface area contributed by atoms with Crippen LogP contribution in [-0.4, -0.2) is 16.0 Å². The summed E-state index contributed by atoms with van der Waals surface area (Å²) in [4.78, 5) is 2.16. The summed E-state index contributed by atoms with van der Waals surface area (Å²) in [5.74, 6) is -1.61. The molecule has 2 aromatic carbocycles. The highest BCUT2D eigenvalue weighted by Crippen LogP contribution is 2.36. The van der Waals surface area contributed by atoms with E-state index >= 15 is 0 Å². The number of rotatable bonds is 3. The largest absolute Gasteiger partial charge is 0.350 e. The number of hydrogen-bond acceptors (Lipinski definition) is 1. The zero-order valence-electron chi connectivity index (χ0n) is 14.5. The summed E-state index contributed by atoms with van der Waals surface area (Å²) in [6.45, 7) is 1.94. The third kappa shape index (κ3) is 3.62. The van der Waals surface area contributed by atoms with Gasteiger partial charge in [-0.25, -0.2) is 8.78 Å². The van der Waals surface area contributed by atoms with Gasteiger partial charge in [0.05, 0.1) is 16.1 Å². The van der Waals surface area contributed by atoms with E-state index in [1.807, 2.05) is 24.4 Å². The van der Waals surface area contributed by atoms with Gasteiger partial charge in [-0.1, -0.05) is 41.4 Å². The van der Waals surface area contributed by atoms with E-state index in [2.05, 4.69) is 15.5 Å². The van der Waals surface area contributed by atoms with Crippen molar-refractivity contribution in [3.05, 3.63) is 93.2 Å². The van der Waals surface area contributed by atoms with E-state index in [0.29, 0.717) is 22.2 Å². The van der Waals surface area contributed by atoms with Crippen LogP contribution in [0.15, 0.2) is 54.7 Å². The van der Waals surface area contributed by atoms with Crippen molar-refractivity contribution in [3.8, 4) is 0 Å². The van der Waals surface area contributed by atoms with Crippen molar-refractivity contribution in [2.75, 3.05) is 6.54 Å². The summed E-state index contributed by atoms with van der Waals surface area (Å²) in [5.41, 5.74) is 2.42. The second kappa shape index (κ2) is 7.63. The molecule has 0 aliphatic carbocycles. The van der Waals surface area contributed by atoms with E-state index in [0.717, 1.165) is 36.8 Å². The van der Waals surface area contributed by atoms with Crippen LogP contribution in [0.2, 0.25) is 10.0 Å². The number of nitrogens with zero attached hydrogens (tertiary/aromatic N) is 2. The number of benzene rings is 2. The Morgan fingerprint density at radius 1 is 0.963 bits per heavy atom. The summed E-state index contributed by atoms with van der Waals surface area (Å²) < 4.78 is 30.2. The minimum atomic E-state index is -0.822. The van der Waals surface area contributed by atoms with Crippen molar-refractivity contribution in [3.63, 3.8) is 0 Å².